The number of carbonyl (C=O) groups is 2. The first-order chi connectivity index (χ1) is 14.0. The fraction of sp³-hybridized carbons (Fsp3) is 0.174. The zero-order valence-electron chi connectivity index (χ0n) is 15.9. The zero-order chi connectivity index (χ0) is 20.6. The van der Waals surface area contributed by atoms with Crippen molar-refractivity contribution in [3.05, 3.63) is 99.5 Å². The van der Waals surface area contributed by atoms with E-state index in [9.17, 15) is 19.5 Å². The summed E-state index contributed by atoms with van der Waals surface area (Å²) in [4.78, 5) is 38.8. The lowest BCUT2D eigenvalue weighted by molar-refractivity contribution is -0.136. The fourth-order valence-corrected chi connectivity index (χ4v) is 3.17. The Bertz CT molecular complexity index is 1040. The van der Waals surface area contributed by atoms with Crippen LogP contribution in [-0.2, 0) is 28.9 Å². The Balaban J connectivity index is 1.84. The third kappa shape index (κ3) is 5.65. The summed E-state index contributed by atoms with van der Waals surface area (Å²) in [6.07, 6.45) is 2.35. The van der Waals surface area contributed by atoms with Gasteiger partial charge in [-0.15, -0.1) is 0 Å². The van der Waals surface area contributed by atoms with E-state index < -0.39 is 11.5 Å². The Kier molecular flexibility index (Phi) is 6.58. The number of hydrogen-bond donors (Lipinski definition) is 3. The molecule has 29 heavy (non-hydrogen) atoms. The molecule has 3 aromatic rings. The number of benzene rings is 2. The smallest absolute Gasteiger partial charge is 0.307 e. The largest absolute Gasteiger partial charge is 0.481 e. The Morgan fingerprint density at radius 3 is 2.17 bits per heavy atom. The van der Waals surface area contributed by atoms with E-state index in [1.807, 2.05) is 60.7 Å². The second kappa shape index (κ2) is 9.50. The maximum absolute atomic E-state index is 12.4. The van der Waals surface area contributed by atoms with Crippen LogP contribution in [0, 0.1) is 0 Å². The van der Waals surface area contributed by atoms with E-state index >= 15 is 0 Å². The van der Waals surface area contributed by atoms with E-state index in [0.717, 1.165) is 11.1 Å². The molecule has 0 atom stereocenters. The van der Waals surface area contributed by atoms with Crippen molar-refractivity contribution in [2.75, 3.05) is 5.32 Å². The second-order valence-electron chi connectivity index (χ2n) is 6.76. The van der Waals surface area contributed by atoms with Gasteiger partial charge in [-0.1, -0.05) is 60.7 Å². The van der Waals surface area contributed by atoms with Crippen LogP contribution in [0.15, 0.2) is 71.7 Å². The van der Waals surface area contributed by atoms with Crippen LogP contribution in [0.25, 0.3) is 0 Å². The highest BCUT2D eigenvalue weighted by Gasteiger charge is 2.18. The number of amides is 1. The SMILES string of the molecule is O=C(O)Cc1c(Cc2ccccc2)c[nH]c(=O)c1NC(=O)CCc1ccccc1. The molecule has 1 aromatic heterocycles. The van der Waals surface area contributed by atoms with Crippen LogP contribution in [0.4, 0.5) is 5.69 Å². The zero-order valence-corrected chi connectivity index (χ0v) is 15.9. The number of carboxylic acid groups (broad SMARTS) is 1. The molecule has 0 aliphatic carbocycles. The van der Waals surface area contributed by atoms with Crippen LogP contribution >= 0.6 is 0 Å². The normalized spacial score (nSPS) is 10.5. The summed E-state index contributed by atoms with van der Waals surface area (Å²) in [7, 11) is 0. The lowest BCUT2D eigenvalue weighted by Gasteiger charge is -2.14. The molecule has 0 bridgehead atoms. The molecule has 1 amide bonds. The molecule has 0 aliphatic heterocycles. The second-order valence-corrected chi connectivity index (χ2v) is 6.76. The van der Waals surface area contributed by atoms with Crippen molar-refractivity contribution in [3.8, 4) is 0 Å². The number of anilines is 1. The first-order valence-corrected chi connectivity index (χ1v) is 9.36. The quantitative estimate of drug-likeness (QED) is 0.550. The fourth-order valence-electron chi connectivity index (χ4n) is 3.17. The molecule has 6 heteroatoms. The van der Waals surface area contributed by atoms with Crippen LogP contribution in [0.3, 0.4) is 0 Å². The molecule has 0 saturated heterocycles. The molecule has 6 nitrogen and oxygen atoms in total. The lowest BCUT2D eigenvalue weighted by Crippen LogP contribution is -2.24. The lowest BCUT2D eigenvalue weighted by atomic mass is 9.98. The molecular formula is C23H22N2O4. The maximum atomic E-state index is 12.4. The maximum Gasteiger partial charge on any atom is 0.307 e. The van der Waals surface area contributed by atoms with Gasteiger partial charge in [-0.3, -0.25) is 14.4 Å². The van der Waals surface area contributed by atoms with Gasteiger partial charge in [-0.25, -0.2) is 0 Å². The molecular weight excluding hydrogens is 368 g/mol. The number of hydrogen-bond acceptors (Lipinski definition) is 3. The van der Waals surface area contributed by atoms with Gasteiger partial charge in [-0.05, 0) is 35.1 Å². The molecule has 0 fully saturated rings. The van der Waals surface area contributed by atoms with Crippen LogP contribution in [0.1, 0.15) is 28.7 Å². The van der Waals surface area contributed by atoms with Crippen LogP contribution in [-0.4, -0.2) is 22.0 Å². The first-order valence-electron chi connectivity index (χ1n) is 9.36. The number of carbonyl (C=O) groups excluding carboxylic acids is 1. The van der Waals surface area contributed by atoms with Crippen LogP contribution in [0.5, 0.6) is 0 Å². The van der Waals surface area contributed by atoms with Gasteiger partial charge in [-0.2, -0.15) is 0 Å². The number of aryl methyl sites for hydroxylation is 1. The predicted octanol–water partition coefficient (Wildman–Crippen LogP) is 3.16. The van der Waals surface area contributed by atoms with Gasteiger partial charge in [0.1, 0.15) is 5.69 Å². The monoisotopic (exact) mass is 390 g/mol. The number of H-pyrrole nitrogens is 1. The third-order valence-corrected chi connectivity index (χ3v) is 4.61. The summed E-state index contributed by atoms with van der Waals surface area (Å²) in [6.45, 7) is 0. The molecule has 0 unspecified atom stereocenters. The topological polar surface area (TPSA) is 99.3 Å². The van der Waals surface area contributed by atoms with Gasteiger partial charge in [0.2, 0.25) is 5.91 Å². The van der Waals surface area contributed by atoms with Crippen LogP contribution < -0.4 is 10.9 Å². The van der Waals surface area contributed by atoms with Gasteiger partial charge in [0.25, 0.3) is 5.56 Å². The Morgan fingerprint density at radius 1 is 0.931 bits per heavy atom. The van der Waals surface area contributed by atoms with Crippen molar-refractivity contribution in [1.82, 2.24) is 4.98 Å². The Labute approximate surface area is 168 Å². The first kappa shape index (κ1) is 20.1. The van der Waals surface area contributed by atoms with Gasteiger partial charge in [0.15, 0.2) is 0 Å². The van der Waals surface area contributed by atoms with Crippen molar-refractivity contribution in [2.24, 2.45) is 0 Å². The van der Waals surface area contributed by atoms with Gasteiger partial charge in [0.05, 0.1) is 6.42 Å². The summed E-state index contributed by atoms with van der Waals surface area (Å²) in [6, 6.07) is 19.1. The van der Waals surface area contributed by atoms with Crippen LogP contribution in [0.2, 0.25) is 0 Å². The van der Waals surface area contributed by atoms with Crippen molar-refractivity contribution < 1.29 is 14.7 Å². The van der Waals surface area contributed by atoms with E-state index in [2.05, 4.69) is 10.3 Å². The third-order valence-electron chi connectivity index (χ3n) is 4.61. The standard InChI is InChI=1S/C23H22N2O4/c26-20(12-11-16-7-3-1-4-8-16)25-22-19(14-21(27)28)18(15-24-23(22)29)13-17-9-5-2-6-10-17/h1-10,15H,11-14H2,(H,24,29)(H,25,26)(H,27,28). The minimum atomic E-state index is -1.07. The average molecular weight is 390 g/mol. The van der Waals surface area contributed by atoms with Gasteiger partial charge >= 0.3 is 5.97 Å². The van der Waals surface area contributed by atoms with E-state index in [0.29, 0.717) is 24.0 Å². The van der Waals surface area contributed by atoms with Crippen molar-refractivity contribution in [3.63, 3.8) is 0 Å². The highest BCUT2D eigenvalue weighted by Crippen LogP contribution is 2.20. The van der Waals surface area contributed by atoms with Crippen molar-refractivity contribution in [2.45, 2.75) is 25.7 Å². The summed E-state index contributed by atoms with van der Waals surface area (Å²) in [5.74, 6) is -1.40. The van der Waals surface area contributed by atoms with E-state index in [1.54, 1.807) is 0 Å². The number of carboxylic acids is 1. The minimum absolute atomic E-state index is 0.0129. The average Bonchev–Trinajstić information content (AvgIpc) is 2.72. The van der Waals surface area contributed by atoms with E-state index in [4.69, 9.17) is 0 Å². The molecule has 3 rings (SSSR count). The number of aromatic nitrogens is 1. The van der Waals surface area contributed by atoms with E-state index in [1.165, 1.54) is 6.20 Å². The van der Waals surface area contributed by atoms with Gasteiger partial charge < -0.3 is 15.4 Å². The number of nitrogens with one attached hydrogen (secondary N) is 2. The molecule has 0 saturated carbocycles. The van der Waals surface area contributed by atoms with Gasteiger partial charge in [0, 0.05) is 12.6 Å². The molecule has 1 heterocycles. The number of aromatic amines is 1. The molecule has 0 spiro atoms. The molecule has 0 aliphatic rings. The summed E-state index contributed by atoms with van der Waals surface area (Å²) in [5.41, 5.74) is 2.49. The molecule has 148 valence electrons. The minimum Gasteiger partial charge on any atom is -0.481 e. The Hall–Kier alpha value is -3.67. The number of rotatable bonds is 8. The van der Waals surface area contributed by atoms with Crippen molar-refractivity contribution >= 4 is 17.6 Å². The summed E-state index contributed by atoms with van der Waals surface area (Å²) in [5, 5.41) is 12.0. The van der Waals surface area contributed by atoms with Crippen molar-refractivity contribution in [1.29, 1.82) is 0 Å². The molecule has 0 radical (unpaired) electrons. The molecule has 3 N–H and O–H groups in total. The molecule has 2 aromatic carbocycles. The summed E-state index contributed by atoms with van der Waals surface area (Å²) >= 11 is 0. The highest BCUT2D eigenvalue weighted by atomic mass is 16.4. The van der Waals surface area contributed by atoms with E-state index in [-0.39, 0.29) is 24.4 Å². The predicted molar refractivity (Wildman–Crippen MR) is 111 cm³/mol. The highest BCUT2D eigenvalue weighted by molar-refractivity contribution is 5.92. The number of aliphatic carboxylic acids is 1. The number of pyridine rings is 1. The Morgan fingerprint density at radius 2 is 1.55 bits per heavy atom. The summed E-state index contributed by atoms with van der Waals surface area (Å²) < 4.78 is 0.